The number of fused-ring (bicyclic) bond motifs is 1. The van der Waals surface area contributed by atoms with Gasteiger partial charge in [0.25, 0.3) is 0 Å². The lowest BCUT2D eigenvalue weighted by Crippen LogP contribution is -2.47. The number of benzene rings is 1. The first-order valence-electron chi connectivity index (χ1n) is 6.53. The molecule has 1 aliphatic rings. The zero-order valence-electron chi connectivity index (χ0n) is 11.1. The fraction of sp³-hybridized carbons (Fsp3) is 0.400. The van der Waals surface area contributed by atoms with Crippen LogP contribution in [0.2, 0.25) is 0 Å². The summed E-state index contributed by atoms with van der Waals surface area (Å²) in [7, 11) is 4.43. The maximum absolute atomic E-state index is 4.54. The standard InChI is InChI=1S/C15H20N3/c1-17-12-16-14-11-18(2,9-8-15(14)17)10-13-6-4-3-5-7-13/h3-7,12H,8-11H2,1-2H3/q+1/t18-/m1/s1. The molecule has 2 aromatic rings. The molecule has 0 amide bonds. The predicted octanol–water partition coefficient (Wildman–Crippen LogP) is 2.12. The van der Waals surface area contributed by atoms with E-state index in [1.807, 2.05) is 6.33 Å². The van der Waals surface area contributed by atoms with Gasteiger partial charge in [0.2, 0.25) is 0 Å². The third kappa shape index (κ3) is 2.06. The fourth-order valence-corrected chi connectivity index (χ4v) is 2.93. The first kappa shape index (κ1) is 11.5. The SMILES string of the molecule is Cn1cnc2c1CC[N@+](C)(Cc1ccccc1)C2. The highest BCUT2D eigenvalue weighted by atomic mass is 15.3. The van der Waals surface area contributed by atoms with Crippen LogP contribution >= 0.6 is 0 Å². The summed E-state index contributed by atoms with van der Waals surface area (Å²) in [6.45, 7) is 3.34. The molecular formula is C15H20N3+. The zero-order chi connectivity index (χ0) is 12.6. The van der Waals surface area contributed by atoms with E-state index >= 15 is 0 Å². The number of hydrogen-bond acceptors (Lipinski definition) is 1. The van der Waals surface area contributed by atoms with E-state index in [0.717, 1.165) is 24.0 Å². The summed E-state index contributed by atoms with van der Waals surface area (Å²) in [6, 6.07) is 10.8. The average molecular weight is 242 g/mol. The summed E-state index contributed by atoms with van der Waals surface area (Å²) in [6.07, 6.45) is 3.08. The van der Waals surface area contributed by atoms with E-state index in [0.29, 0.717) is 0 Å². The molecule has 3 heteroatoms. The third-order valence-electron chi connectivity index (χ3n) is 3.97. The Hall–Kier alpha value is -1.61. The van der Waals surface area contributed by atoms with Crippen LogP contribution in [0.1, 0.15) is 17.0 Å². The molecule has 3 nitrogen and oxygen atoms in total. The van der Waals surface area contributed by atoms with Crippen LogP contribution < -0.4 is 0 Å². The number of rotatable bonds is 2. The van der Waals surface area contributed by atoms with Crippen molar-refractivity contribution in [3.8, 4) is 0 Å². The molecule has 94 valence electrons. The first-order chi connectivity index (χ1) is 8.66. The molecule has 1 aromatic carbocycles. The molecule has 0 N–H and O–H groups in total. The van der Waals surface area contributed by atoms with Crippen LogP contribution in [0, 0.1) is 0 Å². The second-order valence-corrected chi connectivity index (χ2v) is 5.64. The highest BCUT2D eigenvalue weighted by molar-refractivity contribution is 5.16. The summed E-state index contributed by atoms with van der Waals surface area (Å²) in [4.78, 5) is 4.54. The van der Waals surface area contributed by atoms with Crippen molar-refractivity contribution in [2.45, 2.75) is 19.5 Å². The minimum Gasteiger partial charge on any atom is -0.337 e. The first-order valence-corrected chi connectivity index (χ1v) is 6.53. The van der Waals surface area contributed by atoms with E-state index in [9.17, 15) is 0 Å². The second-order valence-electron chi connectivity index (χ2n) is 5.64. The Balaban J connectivity index is 1.81. The van der Waals surface area contributed by atoms with Gasteiger partial charge in [-0.25, -0.2) is 4.98 Å². The maximum atomic E-state index is 4.54. The van der Waals surface area contributed by atoms with Gasteiger partial charge in [0.05, 0.1) is 25.6 Å². The van der Waals surface area contributed by atoms with Crippen molar-refractivity contribution in [1.29, 1.82) is 0 Å². The Morgan fingerprint density at radius 1 is 1.28 bits per heavy atom. The van der Waals surface area contributed by atoms with Crippen molar-refractivity contribution in [3.05, 3.63) is 53.6 Å². The lowest BCUT2D eigenvalue weighted by Gasteiger charge is -2.37. The second kappa shape index (κ2) is 4.25. The van der Waals surface area contributed by atoms with Gasteiger partial charge < -0.3 is 9.05 Å². The lowest BCUT2D eigenvalue weighted by molar-refractivity contribution is -0.937. The zero-order valence-corrected chi connectivity index (χ0v) is 11.1. The summed E-state index contributed by atoms with van der Waals surface area (Å²) in [5.41, 5.74) is 4.11. The Kier molecular flexibility index (Phi) is 2.71. The van der Waals surface area contributed by atoms with Crippen LogP contribution in [-0.2, 0) is 26.6 Å². The quantitative estimate of drug-likeness (QED) is 0.738. The Morgan fingerprint density at radius 3 is 2.83 bits per heavy atom. The van der Waals surface area contributed by atoms with Crippen LogP contribution in [0.25, 0.3) is 0 Å². The van der Waals surface area contributed by atoms with E-state index in [4.69, 9.17) is 0 Å². The smallest absolute Gasteiger partial charge is 0.124 e. The van der Waals surface area contributed by atoms with Gasteiger partial charge in [-0.3, -0.25) is 0 Å². The van der Waals surface area contributed by atoms with Crippen LogP contribution in [0.3, 0.4) is 0 Å². The van der Waals surface area contributed by atoms with Crippen molar-refractivity contribution in [2.24, 2.45) is 7.05 Å². The van der Waals surface area contributed by atoms with Crippen molar-refractivity contribution < 1.29 is 4.48 Å². The van der Waals surface area contributed by atoms with Gasteiger partial charge >= 0.3 is 0 Å². The molecule has 1 atom stereocenters. The Labute approximate surface area is 108 Å². The normalized spacial score (nSPS) is 22.8. The number of hydrogen-bond donors (Lipinski definition) is 0. The number of aromatic nitrogens is 2. The van der Waals surface area contributed by atoms with E-state index < -0.39 is 0 Å². The summed E-state index contributed by atoms with van der Waals surface area (Å²) >= 11 is 0. The molecule has 0 spiro atoms. The fourth-order valence-electron chi connectivity index (χ4n) is 2.93. The van der Waals surface area contributed by atoms with Gasteiger partial charge in [0.15, 0.2) is 0 Å². The molecule has 18 heavy (non-hydrogen) atoms. The van der Waals surface area contributed by atoms with Crippen molar-refractivity contribution in [2.75, 3.05) is 13.6 Å². The van der Waals surface area contributed by atoms with Crippen molar-refractivity contribution in [3.63, 3.8) is 0 Å². The third-order valence-corrected chi connectivity index (χ3v) is 3.97. The highest BCUT2D eigenvalue weighted by Crippen LogP contribution is 2.24. The van der Waals surface area contributed by atoms with E-state index in [2.05, 4.69) is 54.0 Å². The minimum atomic E-state index is 1.05. The summed E-state index contributed by atoms with van der Waals surface area (Å²) in [5.74, 6) is 0. The van der Waals surface area contributed by atoms with Gasteiger partial charge in [0, 0.05) is 19.0 Å². The van der Waals surface area contributed by atoms with Gasteiger partial charge in [-0.2, -0.15) is 0 Å². The average Bonchev–Trinajstić information content (AvgIpc) is 2.71. The molecule has 1 aliphatic heterocycles. The number of quaternary nitrogens is 1. The van der Waals surface area contributed by atoms with Crippen LogP contribution in [0.4, 0.5) is 0 Å². The molecular weight excluding hydrogens is 222 g/mol. The number of nitrogens with zero attached hydrogens (tertiary/aromatic N) is 3. The summed E-state index contributed by atoms with van der Waals surface area (Å²) in [5, 5.41) is 0. The molecule has 0 bridgehead atoms. The van der Waals surface area contributed by atoms with Crippen LogP contribution in [0.5, 0.6) is 0 Å². The maximum Gasteiger partial charge on any atom is 0.124 e. The van der Waals surface area contributed by atoms with E-state index in [-0.39, 0.29) is 0 Å². The van der Waals surface area contributed by atoms with Gasteiger partial charge in [-0.1, -0.05) is 30.3 Å². The molecule has 0 aliphatic carbocycles. The molecule has 0 saturated heterocycles. The predicted molar refractivity (Wildman–Crippen MR) is 71.8 cm³/mol. The summed E-state index contributed by atoms with van der Waals surface area (Å²) < 4.78 is 3.23. The van der Waals surface area contributed by atoms with Crippen LogP contribution in [-0.4, -0.2) is 27.6 Å². The van der Waals surface area contributed by atoms with Gasteiger partial charge in [0.1, 0.15) is 18.8 Å². The Morgan fingerprint density at radius 2 is 2.06 bits per heavy atom. The lowest BCUT2D eigenvalue weighted by atomic mass is 10.1. The topological polar surface area (TPSA) is 17.8 Å². The van der Waals surface area contributed by atoms with E-state index in [1.54, 1.807) is 0 Å². The molecule has 0 fully saturated rings. The molecule has 0 unspecified atom stereocenters. The molecule has 1 aromatic heterocycles. The van der Waals surface area contributed by atoms with Gasteiger partial charge in [-0.15, -0.1) is 0 Å². The molecule has 0 saturated carbocycles. The van der Waals surface area contributed by atoms with Gasteiger partial charge in [-0.05, 0) is 0 Å². The number of likely N-dealkylation sites (N-methyl/N-ethyl adjacent to an activating group) is 1. The van der Waals surface area contributed by atoms with E-state index in [1.165, 1.54) is 23.5 Å². The molecule has 0 radical (unpaired) electrons. The number of imidazole rings is 1. The molecule has 2 heterocycles. The minimum absolute atomic E-state index is 1.05. The highest BCUT2D eigenvalue weighted by Gasteiger charge is 2.31. The Bertz CT molecular complexity index is 544. The largest absolute Gasteiger partial charge is 0.337 e. The van der Waals surface area contributed by atoms with Crippen molar-refractivity contribution >= 4 is 0 Å². The molecule has 3 rings (SSSR count). The monoisotopic (exact) mass is 242 g/mol. The van der Waals surface area contributed by atoms with Crippen molar-refractivity contribution in [1.82, 2.24) is 9.55 Å². The number of aryl methyl sites for hydroxylation is 1. The van der Waals surface area contributed by atoms with Crippen LogP contribution in [0.15, 0.2) is 36.7 Å².